The fraction of sp³-hybridized carbons (Fsp3) is 0.350. The van der Waals surface area contributed by atoms with Gasteiger partial charge in [0.1, 0.15) is 11.6 Å². The van der Waals surface area contributed by atoms with Crippen molar-refractivity contribution < 1.29 is 31.5 Å². The zero-order valence-electron chi connectivity index (χ0n) is 14.8. The minimum atomic E-state index is -4.46. The lowest BCUT2D eigenvalue weighted by Crippen LogP contribution is -2.43. The molecule has 0 aliphatic carbocycles. The molecule has 150 valence electrons. The summed E-state index contributed by atoms with van der Waals surface area (Å²) in [7, 11) is 0. The molecule has 28 heavy (non-hydrogen) atoms. The van der Waals surface area contributed by atoms with Crippen LogP contribution in [-0.2, 0) is 17.5 Å². The van der Waals surface area contributed by atoms with Gasteiger partial charge in [0.05, 0.1) is 18.3 Å². The normalized spacial score (nSPS) is 17.6. The quantitative estimate of drug-likeness (QED) is 0.691. The maximum absolute atomic E-state index is 13.2. The van der Waals surface area contributed by atoms with Crippen LogP contribution in [0.15, 0.2) is 42.5 Å². The predicted octanol–water partition coefficient (Wildman–Crippen LogP) is 4.81. The van der Waals surface area contributed by atoms with E-state index in [-0.39, 0.29) is 30.7 Å². The van der Waals surface area contributed by atoms with Crippen LogP contribution in [0.4, 0.5) is 22.0 Å². The fourth-order valence-electron chi connectivity index (χ4n) is 3.15. The molecule has 2 aromatic rings. The molecule has 8 heteroatoms. The highest BCUT2D eigenvalue weighted by atomic mass is 19.4. The smallest absolute Gasteiger partial charge is 0.372 e. The van der Waals surface area contributed by atoms with Crippen molar-refractivity contribution >= 4 is 5.91 Å². The molecule has 0 spiro atoms. The second-order valence-electron chi connectivity index (χ2n) is 6.68. The van der Waals surface area contributed by atoms with E-state index in [1.165, 1.54) is 17.0 Å². The number of amides is 1. The van der Waals surface area contributed by atoms with Crippen LogP contribution in [0, 0.1) is 11.6 Å². The topological polar surface area (TPSA) is 29.5 Å². The molecule has 1 fully saturated rings. The van der Waals surface area contributed by atoms with Gasteiger partial charge in [-0.15, -0.1) is 0 Å². The number of nitrogens with zero attached hydrogens (tertiary/aromatic N) is 1. The molecule has 0 saturated carbocycles. The molecule has 0 bridgehead atoms. The van der Waals surface area contributed by atoms with Gasteiger partial charge in [0.2, 0.25) is 0 Å². The Labute approximate surface area is 158 Å². The van der Waals surface area contributed by atoms with Gasteiger partial charge >= 0.3 is 6.18 Å². The first-order valence-electron chi connectivity index (χ1n) is 8.75. The summed E-state index contributed by atoms with van der Waals surface area (Å²) in [6.07, 6.45) is -3.44. The van der Waals surface area contributed by atoms with E-state index in [1.54, 1.807) is 0 Å². The van der Waals surface area contributed by atoms with Crippen LogP contribution in [0.2, 0.25) is 0 Å². The Hall–Kier alpha value is -2.48. The lowest BCUT2D eigenvalue weighted by molar-refractivity contribution is -0.137. The van der Waals surface area contributed by atoms with Crippen molar-refractivity contribution in [2.24, 2.45) is 0 Å². The van der Waals surface area contributed by atoms with Crippen LogP contribution in [0.25, 0.3) is 0 Å². The zero-order chi connectivity index (χ0) is 20.3. The Bertz CT molecular complexity index is 815. The standard InChI is InChI=1S/C20H18F5NO2/c21-16-8-13(9-17(22)10-16)12-28-18-2-1-7-26(11-18)19(27)14-3-5-15(6-4-14)20(23,24)25/h3-6,8-10,18H,1-2,7,11-12H2. The lowest BCUT2D eigenvalue weighted by Gasteiger charge is -2.32. The number of rotatable bonds is 4. The van der Waals surface area contributed by atoms with Crippen molar-refractivity contribution in [2.45, 2.75) is 31.7 Å². The van der Waals surface area contributed by atoms with Crippen LogP contribution in [0.5, 0.6) is 0 Å². The van der Waals surface area contributed by atoms with E-state index in [0.29, 0.717) is 24.9 Å². The second kappa shape index (κ2) is 8.26. The molecule has 0 aromatic heterocycles. The average molecular weight is 399 g/mol. The van der Waals surface area contributed by atoms with Gasteiger partial charge in [-0.1, -0.05) is 0 Å². The van der Waals surface area contributed by atoms with Gasteiger partial charge in [0, 0.05) is 24.7 Å². The molecule has 0 radical (unpaired) electrons. The van der Waals surface area contributed by atoms with E-state index < -0.39 is 23.4 Å². The van der Waals surface area contributed by atoms with Crippen LogP contribution in [0.3, 0.4) is 0 Å². The molecule has 3 nitrogen and oxygen atoms in total. The third kappa shape index (κ3) is 5.07. The molecule has 1 atom stereocenters. The van der Waals surface area contributed by atoms with Crippen molar-refractivity contribution in [3.63, 3.8) is 0 Å². The number of likely N-dealkylation sites (tertiary alicyclic amines) is 1. The van der Waals surface area contributed by atoms with Gasteiger partial charge in [-0.25, -0.2) is 8.78 Å². The molecule has 1 unspecified atom stereocenters. The fourth-order valence-corrected chi connectivity index (χ4v) is 3.15. The summed E-state index contributed by atoms with van der Waals surface area (Å²) in [6, 6.07) is 7.20. The molecular formula is C20H18F5NO2. The van der Waals surface area contributed by atoms with Crippen LogP contribution in [-0.4, -0.2) is 30.0 Å². The van der Waals surface area contributed by atoms with Crippen molar-refractivity contribution in [1.29, 1.82) is 0 Å². The molecule has 0 N–H and O–H groups in total. The molecule has 3 rings (SSSR count). The number of ether oxygens (including phenoxy) is 1. The molecular weight excluding hydrogens is 381 g/mol. The molecule has 1 aliphatic rings. The van der Waals surface area contributed by atoms with Crippen molar-refractivity contribution in [2.75, 3.05) is 13.1 Å². The number of alkyl halides is 3. The van der Waals surface area contributed by atoms with Crippen LogP contribution in [0.1, 0.15) is 34.3 Å². The Morgan fingerprint density at radius 2 is 1.71 bits per heavy atom. The predicted molar refractivity (Wildman–Crippen MR) is 91.5 cm³/mol. The Morgan fingerprint density at radius 1 is 1.07 bits per heavy atom. The SMILES string of the molecule is O=C(c1ccc(C(F)(F)F)cc1)N1CCCC(OCc2cc(F)cc(F)c2)C1. The first kappa shape index (κ1) is 20.3. The van der Waals surface area contributed by atoms with E-state index >= 15 is 0 Å². The number of carbonyl (C=O) groups excluding carboxylic acids is 1. The summed E-state index contributed by atoms with van der Waals surface area (Å²) in [5, 5.41) is 0. The maximum atomic E-state index is 13.2. The minimum Gasteiger partial charge on any atom is -0.372 e. The molecule has 1 heterocycles. The number of benzene rings is 2. The third-order valence-corrected chi connectivity index (χ3v) is 4.53. The lowest BCUT2D eigenvalue weighted by atomic mass is 10.1. The summed E-state index contributed by atoms with van der Waals surface area (Å²) in [5.74, 6) is -1.76. The van der Waals surface area contributed by atoms with Gasteiger partial charge in [-0.05, 0) is 54.8 Å². The van der Waals surface area contributed by atoms with Gasteiger partial charge in [0.15, 0.2) is 0 Å². The van der Waals surface area contributed by atoms with Gasteiger partial charge < -0.3 is 9.64 Å². The highest BCUT2D eigenvalue weighted by molar-refractivity contribution is 5.94. The Kier molecular flexibility index (Phi) is 5.98. The summed E-state index contributed by atoms with van der Waals surface area (Å²) in [5.41, 5.74) is -0.296. The Balaban J connectivity index is 1.60. The van der Waals surface area contributed by atoms with Crippen molar-refractivity contribution in [3.05, 3.63) is 70.8 Å². The highest BCUT2D eigenvalue weighted by Gasteiger charge is 2.31. The molecule has 1 saturated heterocycles. The number of hydrogen-bond acceptors (Lipinski definition) is 2. The molecule has 1 amide bonds. The average Bonchev–Trinajstić information content (AvgIpc) is 2.65. The first-order valence-corrected chi connectivity index (χ1v) is 8.75. The maximum Gasteiger partial charge on any atom is 0.416 e. The minimum absolute atomic E-state index is 0.00164. The molecule has 1 aliphatic heterocycles. The third-order valence-electron chi connectivity index (χ3n) is 4.53. The van der Waals surface area contributed by atoms with E-state index in [4.69, 9.17) is 4.74 Å². The highest BCUT2D eigenvalue weighted by Crippen LogP contribution is 2.29. The monoisotopic (exact) mass is 399 g/mol. The van der Waals surface area contributed by atoms with Crippen molar-refractivity contribution in [1.82, 2.24) is 4.90 Å². The van der Waals surface area contributed by atoms with E-state index in [1.807, 2.05) is 0 Å². The number of carbonyl (C=O) groups is 1. The van der Waals surface area contributed by atoms with E-state index in [2.05, 4.69) is 0 Å². The largest absolute Gasteiger partial charge is 0.416 e. The number of piperidine rings is 1. The van der Waals surface area contributed by atoms with Gasteiger partial charge in [-0.3, -0.25) is 4.79 Å². The summed E-state index contributed by atoms with van der Waals surface area (Å²) >= 11 is 0. The van der Waals surface area contributed by atoms with Crippen molar-refractivity contribution in [3.8, 4) is 0 Å². The van der Waals surface area contributed by atoms with Gasteiger partial charge in [0.25, 0.3) is 5.91 Å². The number of hydrogen-bond donors (Lipinski definition) is 0. The molecule has 2 aromatic carbocycles. The van der Waals surface area contributed by atoms with Crippen LogP contribution >= 0.6 is 0 Å². The first-order chi connectivity index (χ1) is 13.2. The summed E-state index contributed by atoms with van der Waals surface area (Å²) < 4.78 is 70.1. The zero-order valence-corrected chi connectivity index (χ0v) is 14.8. The van der Waals surface area contributed by atoms with Gasteiger partial charge in [-0.2, -0.15) is 13.2 Å². The van der Waals surface area contributed by atoms with E-state index in [9.17, 15) is 26.7 Å². The summed E-state index contributed by atoms with van der Waals surface area (Å²) in [6.45, 7) is 0.730. The number of halogens is 5. The van der Waals surface area contributed by atoms with E-state index in [0.717, 1.165) is 30.3 Å². The van der Waals surface area contributed by atoms with Crippen LogP contribution < -0.4 is 0 Å². The summed E-state index contributed by atoms with van der Waals surface area (Å²) in [4.78, 5) is 14.1. The second-order valence-corrected chi connectivity index (χ2v) is 6.68. The Morgan fingerprint density at radius 3 is 2.32 bits per heavy atom.